The Balaban J connectivity index is 2.09. The quantitative estimate of drug-likeness (QED) is 0.818. The Morgan fingerprint density at radius 1 is 1.50 bits per heavy atom. The first-order valence-electron chi connectivity index (χ1n) is 5.02. The number of nitrogens with two attached hydrogens (primary N) is 1. The number of carboxylic acids is 1. The predicted molar refractivity (Wildman–Crippen MR) is 65.9 cm³/mol. The van der Waals surface area contributed by atoms with Gasteiger partial charge in [-0.3, -0.25) is 4.79 Å². The van der Waals surface area contributed by atoms with E-state index in [2.05, 4.69) is 0 Å². The van der Waals surface area contributed by atoms with E-state index in [1.807, 2.05) is 0 Å². The topological polar surface area (TPSA) is 63.3 Å². The first kappa shape index (κ1) is 11.6. The molecule has 1 aliphatic carbocycles. The van der Waals surface area contributed by atoms with E-state index < -0.39 is 5.97 Å². The van der Waals surface area contributed by atoms with Gasteiger partial charge in [0.05, 0.1) is 5.92 Å². The maximum Gasteiger partial charge on any atom is 0.307 e. The number of carbonyl (C=O) groups is 1. The maximum atomic E-state index is 10.9. The second kappa shape index (κ2) is 4.55. The van der Waals surface area contributed by atoms with Crippen molar-refractivity contribution in [2.24, 2.45) is 5.92 Å². The van der Waals surface area contributed by atoms with Crippen LogP contribution in [-0.2, 0) is 4.79 Å². The van der Waals surface area contributed by atoms with Gasteiger partial charge in [0.15, 0.2) is 0 Å². The first-order valence-corrected chi connectivity index (χ1v) is 6.28. The summed E-state index contributed by atoms with van der Waals surface area (Å²) in [4.78, 5) is 11.7. The van der Waals surface area contributed by atoms with Crippen molar-refractivity contribution in [3.63, 3.8) is 0 Å². The highest BCUT2D eigenvalue weighted by Crippen LogP contribution is 2.43. The zero-order chi connectivity index (χ0) is 11.7. The van der Waals surface area contributed by atoms with Crippen LogP contribution in [0.5, 0.6) is 0 Å². The molecule has 1 aromatic carbocycles. The SMILES string of the molecule is Nc1ccc(Cl)cc1SC1CCC1C(=O)O. The first-order chi connectivity index (χ1) is 7.58. The van der Waals surface area contributed by atoms with Gasteiger partial charge in [-0.05, 0) is 31.0 Å². The maximum absolute atomic E-state index is 10.9. The van der Waals surface area contributed by atoms with Crippen LogP contribution in [0.4, 0.5) is 5.69 Å². The largest absolute Gasteiger partial charge is 0.481 e. The molecule has 1 aromatic rings. The highest BCUT2D eigenvalue weighted by molar-refractivity contribution is 8.00. The molecule has 1 saturated carbocycles. The molecular weight excluding hydrogens is 246 g/mol. The summed E-state index contributed by atoms with van der Waals surface area (Å²) in [5, 5.41) is 9.69. The molecule has 0 aromatic heterocycles. The van der Waals surface area contributed by atoms with Crippen LogP contribution in [-0.4, -0.2) is 16.3 Å². The van der Waals surface area contributed by atoms with Crippen molar-refractivity contribution >= 4 is 35.0 Å². The monoisotopic (exact) mass is 257 g/mol. The number of anilines is 1. The summed E-state index contributed by atoms with van der Waals surface area (Å²) in [5.41, 5.74) is 6.47. The van der Waals surface area contributed by atoms with Crippen LogP contribution in [0.25, 0.3) is 0 Å². The van der Waals surface area contributed by atoms with Gasteiger partial charge in [-0.2, -0.15) is 0 Å². The second-order valence-electron chi connectivity index (χ2n) is 3.86. The summed E-state index contributed by atoms with van der Waals surface area (Å²) in [6.45, 7) is 0. The van der Waals surface area contributed by atoms with Gasteiger partial charge >= 0.3 is 5.97 Å². The number of aliphatic carboxylic acids is 1. The number of halogens is 1. The molecule has 0 spiro atoms. The van der Waals surface area contributed by atoms with Crippen molar-refractivity contribution in [2.45, 2.75) is 23.0 Å². The van der Waals surface area contributed by atoms with E-state index >= 15 is 0 Å². The Kier molecular flexibility index (Phi) is 3.30. The minimum atomic E-state index is -0.718. The molecule has 0 heterocycles. The third-order valence-electron chi connectivity index (χ3n) is 2.78. The van der Waals surface area contributed by atoms with Gasteiger partial charge in [0, 0.05) is 20.9 Å². The third-order valence-corrected chi connectivity index (χ3v) is 4.49. The van der Waals surface area contributed by atoms with Crippen molar-refractivity contribution < 1.29 is 9.90 Å². The minimum Gasteiger partial charge on any atom is -0.481 e. The number of thioether (sulfide) groups is 1. The molecule has 0 aliphatic heterocycles. The Hall–Kier alpha value is -0.870. The lowest BCUT2D eigenvalue weighted by Gasteiger charge is -2.32. The van der Waals surface area contributed by atoms with E-state index in [0.29, 0.717) is 10.7 Å². The molecule has 0 amide bonds. The number of carboxylic acid groups (broad SMARTS) is 1. The molecule has 2 rings (SSSR count). The zero-order valence-corrected chi connectivity index (χ0v) is 10.1. The lowest BCUT2D eigenvalue weighted by molar-refractivity contribution is -0.144. The van der Waals surface area contributed by atoms with Crippen LogP contribution in [0.15, 0.2) is 23.1 Å². The average Bonchev–Trinajstić information content (AvgIpc) is 2.16. The molecule has 16 heavy (non-hydrogen) atoms. The van der Waals surface area contributed by atoms with Crippen LogP contribution in [0.1, 0.15) is 12.8 Å². The Morgan fingerprint density at radius 2 is 2.25 bits per heavy atom. The van der Waals surface area contributed by atoms with Gasteiger partial charge in [-0.15, -0.1) is 11.8 Å². The van der Waals surface area contributed by atoms with Gasteiger partial charge in [0.25, 0.3) is 0 Å². The lowest BCUT2D eigenvalue weighted by Crippen LogP contribution is -2.35. The average molecular weight is 258 g/mol. The summed E-state index contributed by atoms with van der Waals surface area (Å²) in [5.74, 6) is -0.965. The Bertz CT molecular complexity index is 424. The summed E-state index contributed by atoms with van der Waals surface area (Å²) in [6.07, 6.45) is 1.68. The molecule has 0 bridgehead atoms. The molecule has 2 unspecified atom stereocenters. The molecular formula is C11H12ClNO2S. The fraction of sp³-hybridized carbons (Fsp3) is 0.364. The van der Waals surface area contributed by atoms with Crippen LogP contribution in [0, 0.1) is 5.92 Å². The molecule has 5 heteroatoms. The van der Waals surface area contributed by atoms with Gasteiger partial charge in [-0.1, -0.05) is 11.6 Å². The van der Waals surface area contributed by atoms with E-state index in [1.165, 1.54) is 11.8 Å². The van der Waals surface area contributed by atoms with Gasteiger partial charge in [-0.25, -0.2) is 0 Å². The van der Waals surface area contributed by atoms with Crippen LogP contribution in [0.3, 0.4) is 0 Å². The van der Waals surface area contributed by atoms with Crippen LogP contribution in [0.2, 0.25) is 5.02 Å². The minimum absolute atomic E-state index is 0.123. The summed E-state index contributed by atoms with van der Waals surface area (Å²) in [6, 6.07) is 5.27. The standard InChI is InChI=1S/C11H12ClNO2S/c12-6-1-3-8(13)10(5-6)16-9-4-2-7(9)11(14)15/h1,3,5,7,9H,2,4,13H2,(H,14,15). The van der Waals surface area contributed by atoms with Crippen molar-refractivity contribution in [3.8, 4) is 0 Å². The molecule has 3 N–H and O–H groups in total. The van der Waals surface area contributed by atoms with Gasteiger partial charge in [0.1, 0.15) is 0 Å². The van der Waals surface area contributed by atoms with E-state index in [9.17, 15) is 4.79 Å². The molecule has 1 aliphatic rings. The molecule has 86 valence electrons. The molecule has 3 nitrogen and oxygen atoms in total. The summed E-state index contributed by atoms with van der Waals surface area (Å²) >= 11 is 7.39. The molecule has 0 radical (unpaired) electrons. The molecule has 0 saturated heterocycles. The number of rotatable bonds is 3. The van der Waals surface area contributed by atoms with Crippen molar-refractivity contribution in [1.82, 2.24) is 0 Å². The normalized spacial score (nSPS) is 23.8. The number of benzene rings is 1. The third kappa shape index (κ3) is 2.28. The second-order valence-corrected chi connectivity index (χ2v) is 5.58. The lowest BCUT2D eigenvalue weighted by atomic mass is 9.85. The molecule has 1 fully saturated rings. The summed E-state index contributed by atoms with van der Waals surface area (Å²) < 4.78 is 0. The van der Waals surface area contributed by atoms with E-state index in [4.69, 9.17) is 22.4 Å². The van der Waals surface area contributed by atoms with E-state index in [1.54, 1.807) is 18.2 Å². The van der Waals surface area contributed by atoms with Crippen LogP contribution < -0.4 is 5.73 Å². The fourth-order valence-electron chi connectivity index (χ4n) is 1.67. The van der Waals surface area contributed by atoms with Crippen molar-refractivity contribution in [3.05, 3.63) is 23.2 Å². The number of hydrogen-bond donors (Lipinski definition) is 2. The van der Waals surface area contributed by atoms with Gasteiger partial charge in [0.2, 0.25) is 0 Å². The predicted octanol–water partition coefficient (Wildman–Crippen LogP) is 2.88. The van der Waals surface area contributed by atoms with Crippen molar-refractivity contribution in [1.29, 1.82) is 0 Å². The van der Waals surface area contributed by atoms with E-state index in [0.717, 1.165) is 17.7 Å². The fourth-order valence-corrected chi connectivity index (χ4v) is 3.30. The zero-order valence-electron chi connectivity index (χ0n) is 8.52. The summed E-state index contributed by atoms with van der Waals surface area (Å²) in [7, 11) is 0. The number of hydrogen-bond acceptors (Lipinski definition) is 3. The van der Waals surface area contributed by atoms with Crippen molar-refractivity contribution in [2.75, 3.05) is 5.73 Å². The van der Waals surface area contributed by atoms with E-state index in [-0.39, 0.29) is 11.2 Å². The smallest absolute Gasteiger partial charge is 0.307 e. The highest BCUT2D eigenvalue weighted by Gasteiger charge is 2.37. The number of nitrogen functional groups attached to an aromatic ring is 1. The molecule has 2 atom stereocenters. The Labute approximate surface area is 103 Å². The van der Waals surface area contributed by atoms with Crippen LogP contribution >= 0.6 is 23.4 Å². The van der Waals surface area contributed by atoms with Gasteiger partial charge < -0.3 is 10.8 Å². The highest BCUT2D eigenvalue weighted by atomic mass is 35.5. The Morgan fingerprint density at radius 3 is 2.81 bits per heavy atom.